The summed E-state index contributed by atoms with van der Waals surface area (Å²) in [6, 6.07) is 5.41. The largest absolute Gasteiger partial charge is 0.393 e. The Morgan fingerprint density at radius 3 is 2.81 bits per heavy atom. The number of fused-ring (bicyclic) bond motifs is 1. The molecule has 0 spiro atoms. The van der Waals surface area contributed by atoms with Gasteiger partial charge in [0.05, 0.1) is 16.8 Å². The number of nitrogens with one attached hydrogen (secondary N) is 1. The molecule has 1 aliphatic heterocycles. The number of aliphatic hydroxyl groups is 1. The van der Waals surface area contributed by atoms with Crippen molar-refractivity contribution in [3.63, 3.8) is 0 Å². The van der Waals surface area contributed by atoms with Crippen LogP contribution in [0, 0.1) is 5.92 Å². The lowest BCUT2D eigenvalue weighted by Gasteiger charge is -2.28. The molecule has 1 saturated carbocycles. The Morgan fingerprint density at radius 1 is 1.29 bits per heavy atom. The molecule has 21 heavy (non-hydrogen) atoms. The fraction of sp³-hybridized carbons (Fsp3) is 0.600. The van der Waals surface area contributed by atoms with E-state index in [4.69, 9.17) is 0 Å². The molecule has 0 saturated heterocycles. The number of hydrogen-bond donors (Lipinski definition) is 2. The number of aliphatic hydroxyl groups excluding tert-OH is 1. The van der Waals surface area contributed by atoms with Crippen molar-refractivity contribution < 1.29 is 13.5 Å². The Kier molecular flexibility index (Phi) is 4.41. The Bertz CT molecular complexity index is 632. The van der Waals surface area contributed by atoms with E-state index >= 15 is 0 Å². The Labute approximate surface area is 134 Å². The maximum atomic E-state index is 12.2. The average molecular weight is 374 g/mol. The number of halogens is 1. The van der Waals surface area contributed by atoms with Gasteiger partial charge in [0.1, 0.15) is 0 Å². The molecule has 0 amide bonds. The predicted molar refractivity (Wildman–Crippen MR) is 84.9 cm³/mol. The van der Waals surface area contributed by atoms with E-state index in [2.05, 4.69) is 21.2 Å². The third-order valence-electron chi connectivity index (χ3n) is 4.60. The van der Waals surface area contributed by atoms with Gasteiger partial charge in [-0.2, -0.15) is 0 Å². The van der Waals surface area contributed by atoms with Gasteiger partial charge in [-0.05, 0) is 48.9 Å². The van der Waals surface area contributed by atoms with E-state index in [1.54, 1.807) is 12.1 Å². The molecule has 6 heteroatoms. The highest BCUT2D eigenvalue weighted by Crippen LogP contribution is 2.34. The van der Waals surface area contributed by atoms with Gasteiger partial charge in [-0.15, -0.1) is 0 Å². The first-order valence-electron chi connectivity index (χ1n) is 7.41. The van der Waals surface area contributed by atoms with Crippen molar-refractivity contribution in [3.05, 3.63) is 28.2 Å². The van der Waals surface area contributed by atoms with Gasteiger partial charge in [-0.1, -0.05) is 22.4 Å². The molecule has 0 bridgehead atoms. The first-order valence-corrected chi connectivity index (χ1v) is 9.85. The van der Waals surface area contributed by atoms with Gasteiger partial charge in [-0.3, -0.25) is 0 Å². The van der Waals surface area contributed by atoms with Crippen molar-refractivity contribution in [3.8, 4) is 0 Å². The lowest BCUT2D eigenvalue weighted by molar-refractivity contribution is 0.129. The van der Waals surface area contributed by atoms with Crippen LogP contribution in [0.15, 0.2) is 27.6 Å². The molecule has 116 valence electrons. The fourth-order valence-electron chi connectivity index (χ4n) is 3.37. The minimum Gasteiger partial charge on any atom is -0.393 e. The van der Waals surface area contributed by atoms with Crippen LogP contribution in [-0.2, 0) is 9.84 Å². The summed E-state index contributed by atoms with van der Waals surface area (Å²) in [5, 5.41) is 13.4. The molecule has 4 nitrogen and oxygen atoms in total. The standard InChI is InChI=1S/C15H20BrNO3S/c16-11-4-5-15-12(8-11)13(6-7-21(15,19)20)17-9-10-2-1-3-14(10)18/h4-5,8,10,13-14,17-18H,1-3,6-7,9H2/t10-,13?,14+/m0/s1. The Hall–Kier alpha value is -0.430. The molecule has 2 aliphatic rings. The summed E-state index contributed by atoms with van der Waals surface area (Å²) in [6.45, 7) is 0.748. The van der Waals surface area contributed by atoms with E-state index < -0.39 is 9.84 Å². The van der Waals surface area contributed by atoms with Crippen LogP contribution in [0.1, 0.15) is 37.3 Å². The summed E-state index contributed by atoms with van der Waals surface area (Å²) in [6.07, 6.45) is 3.38. The van der Waals surface area contributed by atoms with Gasteiger partial charge < -0.3 is 10.4 Å². The van der Waals surface area contributed by atoms with E-state index in [9.17, 15) is 13.5 Å². The zero-order valence-electron chi connectivity index (χ0n) is 11.8. The summed E-state index contributed by atoms with van der Waals surface area (Å²) >= 11 is 3.42. The monoisotopic (exact) mass is 373 g/mol. The van der Waals surface area contributed by atoms with Gasteiger partial charge in [0.15, 0.2) is 9.84 Å². The summed E-state index contributed by atoms with van der Waals surface area (Å²) in [7, 11) is -3.15. The normalized spacial score (nSPS) is 31.0. The van der Waals surface area contributed by atoms with Crippen LogP contribution >= 0.6 is 15.9 Å². The molecule has 1 aromatic rings. The van der Waals surface area contributed by atoms with Crippen LogP contribution in [-0.4, -0.2) is 31.9 Å². The van der Waals surface area contributed by atoms with Crippen LogP contribution in [0.3, 0.4) is 0 Å². The van der Waals surface area contributed by atoms with Crippen molar-refractivity contribution in [1.29, 1.82) is 0 Å². The quantitative estimate of drug-likeness (QED) is 0.853. The Balaban J connectivity index is 1.80. The second-order valence-corrected chi connectivity index (χ2v) is 9.00. The van der Waals surface area contributed by atoms with Gasteiger partial charge in [0, 0.05) is 17.1 Å². The van der Waals surface area contributed by atoms with E-state index in [-0.39, 0.29) is 17.9 Å². The van der Waals surface area contributed by atoms with E-state index in [1.807, 2.05) is 6.07 Å². The molecule has 1 heterocycles. The van der Waals surface area contributed by atoms with Gasteiger partial charge in [-0.25, -0.2) is 8.42 Å². The van der Waals surface area contributed by atoms with Crippen LogP contribution in [0.4, 0.5) is 0 Å². The van der Waals surface area contributed by atoms with Crippen molar-refractivity contribution >= 4 is 25.8 Å². The van der Waals surface area contributed by atoms with Crippen LogP contribution in [0.5, 0.6) is 0 Å². The smallest absolute Gasteiger partial charge is 0.178 e. The third kappa shape index (κ3) is 3.18. The third-order valence-corrected chi connectivity index (χ3v) is 6.91. The highest BCUT2D eigenvalue weighted by molar-refractivity contribution is 9.10. The van der Waals surface area contributed by atoms with E-state index in [0.29, 0.717) is 17.2 Å². The summed E-state index contributed by atoms with van der Waals surface area (Å²) in [5.41, 5.74) is 0.850. The molecule has 0 aromatic heterocycles. The minimum atomic E-state index is -3.15. The topological polar surface area (TPSA) is 66.4 Å². The van der Waals surface area contributed by atoms with Crippen LogP contribution in [0.2, 0.25) is 0 Å². The van der Waals surface area contributed by atoms with Gasteiger partial charge in [0.25, 0.3) is 0 Å². The SMILES string of the molecule is O=S1(=O)CCC(NC[C@@H]2CCC[C@H]2O)c2cc(Br)ccc21. The number of benzene rings is 1. The molecule has 1 aliphatic carbocycles. The average Bonchev–Trinajstić information content (AvgIpc) is 2.83. The maximum absolute atomic E-state index is 12.2. The highest BCUT2D eigenvalue weighted by Gasteiger charge is 2.32. The molecule has 1 aromatic carbocycles. The second-order valence-electron chi connectivity index (χ2n) is 6.01. The van der Waals surface area contributed by atoms with E-state index in [0.717, 1.165) is 35.8 Å². The zero-order valence-corrected chi connectivity index (χ0v) is 14.2. The number of hydrogen-bond acceptors (Lipinski definition) is 4. The first kappa shape index (κ1) is 15.5. The molecule has 1 unspecified atom stereocenters. The summed E-state index contributed by atoms with van der Waals surface area (Å²) in [4.78, 5) is 0.446. The molecule has 3 rings (SSSR count). The second kappa shape index (κ2) is 5.99. The molecule has 1 fully saturated rings. The molecule has 0 radical (unpaired) electrons. The highest BCUT2D eigenvalue weighted by atomic mass is 79.9. The maximum Gasteiger partial charge on any atom is 0.178 e. The van der Waals surface area contributed by atoms with Crippen LogP contribution in [0.25, 0.3) is 0 Å². The minimum absolute atomic E-state index is 0.0498. The van der Waals surface area contributed by atoms with Gasteiger partial charge >= 0.3 is 0 Å². The first-order chi connectivity index (χ1) is 9.97. The summed E-state index contributed by atoms with van der Waals surface area (Å²) in [5.74, 6) is 0.478. The molecule has 3 atom stereocenters. The molecular formula is C15H20BrNO3S. The predicted octanol–water partition coefficient (Wildman–Crippen LogP) is 2.42. The van der Waals surface area contributed by atoms with Crippen molar-refractivity contribution in [2.24, 2.45) is 5.92 Å². The van der Waals surface area contributed by atoms with E-state index in [1.165, 1.54) is 0 Å². The lowest BCUT2D eigenvalue weighted by atomic mass is 10.0. The Morgan fingerprint density at radius 2 is 2.10 bits per heavy atom. The van der Waals surface area contributed by atoms with Crippen molar-refractivity contribution in [2.75, 3.05) is 12.3 Å². The molecular weight excluding hydrogens is 354 g/mol. The lowest BCUT2D eigenvalue weighted by Crippen LogP contribution is -2.34. The van der Waals surface area contributed by atoms with Gasteiger partial charge in [0.2, 0.25) is 0 Å². The fourth-order valence-corrected chi connectivity index (χ4v) is 5.35. The van der Waals surface area contributed by atoms with Crippen LogP contribution < -0.4 is 5.32 Å². The zero-order chi connectivity index (χ0) is 15.0. The van der Waals surface area contributed by atoms with Crippen molar-refractivity contribution in [1.82, 2.24) is 5.32 Å². The number of sulfone groups is 1. The van der Waals surface area contributed by atoms with Crippen molar-refractivity contribution in [2.45, 2.75) is 42.7 Å². The summed E-state index contributed by atoms with van der Waals surface area (Å²) < 4.78 is 25.2. The number of rotatable bonds is 3. The molecule has 2 N–H and O–H groups in total.